The highest BCUT2D eigenvalue weighted by Gasteiger charge is 2.35. The first kappa shape index (κ1) is 28.8. The van der Waals surface area contributed by atoms with E-state index in [1.165, 1.54) is 0 Å². The fourth-order valence-corrected chi connectivity index (χ4v) is 7.22. The smallest absolute Gasteiger partial charge is 0.254 e. The van der Waals surface area contributed by atoms with E-state index in [4.69, 9.17) is 23.2 Å². The molecule has 0 saturated carbocycles. The third-order valence-corrected chi connectivity index (χ3v) is 10.5. The van der Waals surface area contributed by atoms with Crippen LogP contribution in [0, 0.1) is 11.3 Å². The van der Waals surface area contributed by atoms with Gasteiger partial charge in [-0.3, -0.25) is 9.69 Å². The van der Waals surface area contributed by atoms with Gasteiger partial charge < -0.3 is 9.80 Å². The van der Waals surface area contributed by atoms with Gasteiger partial charge >= 0.3 is 0 Å². The Morgan fingerprint density at radius 3 is 2.50 bits per heavy atom. The number of hydrogen-bond donors (Lipinski definition) is 0. The second-order valence-electron chi connectivity index (χ2n) is 10.8. The van der Waals surface area contributed by atoms with Gasteiger partial charge in [0, 0.05) is 57.3 Å². The molecule has 10 heteroatoms. The molecule has 2 saturated heterocycles. The molecule has 2 fully saturated rings. The molecule has 0 aliphatic carbocycles. The lowest BCUT2D eigenvalue weighted by Crippen LogP contribution is -2.62. The molecular formula is C30H32Cl2N4O3S. The maximum absolute atomic E-state index is 13.7. The first-order chi connectivity index (χ1) is 19.1. The van der Waals surface area contributed by atoms with Gasteiger partial charge in [-0.05, 0) is 53.6 Å². The number of carbonyl (C=O) groups excluding carboxylic acids is 1. The molecule has 2 heterocycles. The summed E-state index contributed by atoms with van der Waals surface area (Å²) in [7, 11) is -1.09. The lowest BCUT2D eigenvalue weighted by atomic mass is 9.93. The van der Waals surface area contributed by atoms with Crippen LogP contribution in [0.5, 0.6) is 0 Å². The number of nitrogens with zero attached hydrogens (tertiary/aromatic N) is 4. The molecule has 210 valence electrons. The maximum Gasteiger partial charge on any atom is 0.254 e. The summed E-state index contributed by atoms with van der Waals surface area (Å²) in [4.78, 5) is 20.1. The van der Waals surface area contributed by atoms with Crippen LogP contribution in [-0.2, 0) is 9.84 Å². The first-order valence-electron chi connectivity index (χ1n) is 13.4. The van der Waals surface area contributed by atoms with Crippen molar-refractivity contribution < 1.29 is 13.2 Å². The van der Waals surface area contributed by atoms with Crippen LogP contribution in [0.3, 0.4) is 0 Å². The Labute approximate surface area is 245 Å². The maximum atomic E-state index is 13.7. The van der Waals surface area contributed by atoms with Gasteiger partial charge in [0.05, 0.1) is 33.2 Å². The monoisotopic (exact) mass is 598 g/mol. The summed E-state index contributed by atoms with van der Waals surface area (Å²) in [5, 5.41) is 12.2. The molecule has 40 heavy (non-hydrogen) atoms. The Morgan fingerprint density at radius 1 is 1.07 bits per heavy atom. The topological polar surface area (TPSA) is 84.7 Å². The molecule has 2 aliphatic heterocycles. The fraction of sp³-hybridized carbons (Fsp3) is 0.400. The van der Waals surface area contributed by atoms with Gasteiger partial charge in [0.2, 0.25) is 0 Å². The molecule has 5 rings (SSSR count). The molecule has 0 radical (unpaired) electrons. The molecule has 7 nitrogen and oxygen atoms in total. The Kier molecular flexibility index (Phi) is 8.69. The average Bonchev–Trinajstić information content (AvgIpc) is 2.92. The van der Waals surface area contributed by atoms with Gasteiger partial charge in [0.25, 0.3) is 5.91 Å². The lowest BCUT2D eigenvalue weighted by molar-refractivity contribution is 0.0363. The highest BCUT2D eigenvalue weighted by Crippen LogP contribution is 2.31. The standard InChI is InChI=1S/C30H32Cl2N4O3S/c1-34(30(37)27-15-21(17-33)14-23-4-2-3-5-26(23)27)18-24(22-6-7-28(31)29(32)16-22)8-9-35-19-25(20-35)36-10-12-40(38,39)13-11-36/h2-7,14-16,24-25H,8-13,18-20H2,1H3/t24-/m1/s1. The quantitative estimate of drug-likeness (QED) is 0.374. The van der Waals surface area contributed by atoms with Crippen LogP contribution in [0.25, 0.3) is 10.8 Å². The van der Waals surface area contributed by atoms with Gasteiger partial charge in [-0.1, -0.05) is 53.5 Å². The largest absolute Gasteiger partial charge is 0.341 e. The number of fused-ring (bicyclic) bond motifs is 1. The summed E-state index contributed by atoms with van der Waals surface area (Å²) in [6, 6.07) is 19.3. The Bertz CT molecular complexity index is 1550. The van der Waals surface area contributed by atoms with Crippen LogP contribution in [-0.4, -0.2) is 92.9 Å². The minimum atomic E-state index is -2.88. The highest BCUT2D eigenvalue weighted by molar-refractivity contribution is 7.91. The number of benzene rings is 3. The lowest BCUT2D eigenvalue weighted by Gasteiger charge is -2.47. The van der Waals surface area contributed by atoms with Crippen LogP contribution in [0.4, 0.5) is 0 Å². The van der Waals surface area contributed by atoms with Gasteiger partial charge in [0.15, 0.2) is 9.84 Å². The Hall–Kier alpha value is -2.67. The van der Waals surface area contributed by atoms with Gasteiger partial charge in [-0.2, -0.15) is 5.26 Å². The van der Waals surface area contributed by atoms with E-state index < -0.39 is 9.84 Å². The van der Waals surface area contributed by atoms with Crippen molar-refractivity contribution in [3.63, 3.8) is 0 Å². The van der Waals surface area contributed by atoms with Crippen LogP contribution in [0.2, 0.25) is 10.0 Å². The summed E-state index contributed by atoms with van der Waals surface area (Å²) in [5.41, 5.74) is 1.98. The molecule has 0 N–H and O–H groups in total. The zero-order valence-corrected chi connectivity index (χ0v) is 24.7. The number of nitriles is 1. The van der Waals surface area contributed by atoms with Gasteiger partial charge in [0.1, 0.15) is 0 Å². The van der Waals surface area contributed by atoms with Crippen molar-refractivity contribution in [1.82, 2.24) is 14.7 Å². The number of carbonyl (C=O) groups is 1. The van der Waals surface area contributed by atoms with Crippen molar-refractivity contribution in [3.05, 3.63) is 81.3 Å². The molecule has 0 spiro atoms. The van der Waals surface area contributed by atoms with E-state index in [0.29, 0.717) is 46.8 Å². The molecule has 2 aliphatic rings. The van der Waals surface area contributed by atoms with E-state index in [9.17, 15) is 18.5 Å². The summed E-state index contributed by atoms with van der Waals surface area (Å²) in [6.07, 6.45) is 0.815. The van der Waals surface area contributed by atoms with Crippen LogP contribution >= 0.6 is 23.2 Å². The molecule has 3 aromatic rings. The number of halogens is 2. The molecule has 1 amide bonds. The van der Waals surface area contributed by atoms with Crippen molar-refractivity contribution in [2.75, 3.05) is 57.8 Å². The third-order valence-electron chi connectivity index (χ3n) is 8.10. The first-order valence-corrected chi connectivity index (χ1v) is 16.0. The number of likely N-dealkylation sites (tertiary alicyclic amines) is 1. The van der Waals surface area contributed by atoms with Crippen molar-refractivity contribution >= 4 is 49.7 Å². The second-order valence-corrected chi connectivity index (χ2v) is 13.9. The van der Waals surface area contributed by atoms with Crippen molar-refractivity contribution in [1.29, 1.82) is 5.26 Å². The Morgan fingerprint density at radius 2 is 1.80 bits per heavy atom. The molecule has 0 unspecified atom stereocenters. The van der Waals surface area contributed by atoms with Gasteiger partial charge in [-0.15, -0.1) is 0 Å². The fourth-order valence-electron chi connectivity index (χ4n) is 5.69. The number of sulfone groups is 1. The zero-order chi connectivity index (χ0) is 28.4. The van der Waals surface area contributed by atoms with Crippen molar-refractivity contribution in [3.8, 4) is 6.07 Å². The summed E-state index contributed by atoms with van der Waals surface area (Å²) in [6.45, 7) is 4.37. The summed E-state index contributed by atoms with van der Waals surface area (Å²) < 4.78 is 23.5. The minimum Gasteiger partial charge on any atom is -0.341 e. The normalized spacial score (nSPS) is 18.6. The van der Waals surface area contributed by atoms with Crippen LogP contribution in [0.1, 0.15) is 33.8 Å². The number of likely N-dealkylation sites (N-methyl/N-ethyl adjacent to an activating group) is 1. The molecule has 1 atom stereocenters. The molecule has 3 aromatic carbocycles. The number of hydrogen-bond acceptors (Lipinski definition) is 6. The van der Waals surface area contributed by atoms with E-state index in [2.05, 4.69) is 15.9 Å². The second kappa shape index (κ2) is 12.1. The summed E-state index contributed by atoms with van der Waals surface area (Å²) in [5.74, 6) is 0.377. The average molecular weight is 600 g/mol. The third kappa shape index (κ3) is 6.45. The zero-order valence-electron chi connectivity index (χ0n) is 22.4. The van der Waals surface area contributed by atoms with E-state index in [1.807, 2.05) is 36.4 Å². The predicted octanol–water partition coefficient (Wildman–Crippen LogP) is 4.68. The molecular weight excluding hydrogens is 567 g/mol. The van der Waals surface area contributed by atoms with Gasteiger partial charge in [-0.25, -0.2) is 8.42 Å². The predicted molar refractivity (Wildman–Crippen MR) is 160 cm³/mol. The molecule has 0 bridgehead atoms. The Balaban J connectivity index is 1.28. The van der Waals surface area contributed by atoms with Crippen LogP contribution < -0.4 is 0 Å². The number of amides is 1. The number of rotatable bonds is 8. The van der Waals surface area contributed by atoms with E-state index >= 15 is 0 Å². The molecule has 0 aromatic heterocycles. The van der Waals surface area contributed by atoms with E-state index in [1.54, 1.807) is 30.1 Å². The highest BCUT2D eigenvalue weighted by atomic mass is 35.5. The van der Waals surface area contributed by atoms with E-state index in [0.717, 1.165) is 42.4 Å². The van der Waals surface area contributed by atoms with Crippen LogP contribution in [0.15, 0.2) is 54.6 Å². The van der Waals surface area contributed by atoms with E-state index in [-0.39, 0.29) is 23.3 Å². The SMILES string of the molecule is CN(C[C@@H](CCN1CC(N2CCS(=O)(=O)CC2)C1)c1ccc(Cl)c(Cl)c1)C(=O)c1cc(C#N)cc2ccccc12. The van der Waals surface area contributed by atoms with Crippen molar-refractivity contribution in [2.24, 2.45) is 0 Å². The summed E-state index contributed by atoms with van der Waals surface area (Å²) >= 11 is 12.6. The van der Waals surface area contributed by atoms with Crippen molar-refractivity contribution in [2.45, 2.75) is 18.4 Å². The minimum absolute atomic E-state index is 0.0216.